The quantitative estimate of drug-likeness (QED) is 0.629. The van der Waals surface area contributed by atoms with Crippen LogP contribution in [0.1, 0.15) is 35.5 Å². The highest BCUT2D eigenvalue weighted by atomic mass is 16.6. The number of hydrogen-bond acceptors (Lipinski definition) is 3. The van der Waals surface area contributed by atoms with Gasteiger partial charge in [-0.2, -0.15) is 0 Å². The predicted molar refractivity (Wildman–Crippen MR) is 78.2 cm³/mol. The maximum atomic E-state index is 11.7. The summed E-state index contributed by atoms with van der Waals surface area (Å²) in [7, 11) is 2.06. The highest BCUT2D eigenvalue weighted by molar-refractivity contribution is 6.51. The summed E-state index contributed by atoms with van der Waals surface area (Å²) in [5.74, 6) is -0.285. The third kappa shape index (κ3) is 2.33. The molecular weight excluding hydrogens is 249 g/mol. The average molecular weight is 264 g/mol. The van der Waals surface area contributed by atoms with Crippen LogP contribution in [0.2, 0.25) is 0 Å². The Kier molecular flexibility index (Phi) is 3.09. The number of nitrogens with zero attached hydrogens (tertiary/aromatic N) is 1. The van der Waals surface area contributed by atoms with E-state index in [0.29, 0.717) is 5.56 Å². The standard InChI is InChI=1S/C16H15BNO2/c1-16(2)14-12(15(19)20-16)8-9-13(18-14)17-10-11-6-4-3-5-7-11/h3-9H,10H2,1-2H3. The third-order valence-corrected chi connectivity index (χ3v) is 3.44. The number of cyclic esters (lactones) is 1. The Morgan fingerprint density at radius 3 is 2.65 bits per heavy atom. The number of pyridine rings is 1. The van der Waals surface area contributed by atoms with Gasteiger partial charge in [-0.05, 0) is 37.9 Å². The first-order valence-electron chi connectivity index (χ1n) is 6.68. The van der Waals surface area contributed by atoms with Crippen molar-refractivity contribution in [2.45, 2.75) is 25.8 Å². The van der Waals surface area contributed by atoms with Crippen molar-refractivity contribution >= 4 is 18.8 Å². The van der Waals surface area contributed by atoms with E-state index in [4.69, 9.17) is 4.74 Å². The SMILES string of the molecule is CC1(C)OC(=O)c2ccc([B]Cc3ccccc3)nc21. The van der Waals surface area contributed by atoms with Gasteiger partial charge in [0, 0.05) is 0 Å². The summed E-state index contributed by atoms with van der Waals surface area (Å²) in [5.41, 5.74) is 2.78. The molecule has 0 aliphatic carbocycles. The fraction of sp³-hybridized carbons (Fsp3) is 0.250. The van der Waals surface area contributed by atoms with Crippen LogP contribution in [-0.2, 0) is 16.7 Å². The van der Waals surface area contributed by atoms with Gasteiger partial charge in [0.1, 0.15) is 5.60 Å². The second-order valence-electron chi connectivity index (χ2n) is 5.43. The van der Waals surface area contributed by atoms with Gasteiger partial charge in [0.15, 0.2) is 7.28 Å². The number of fused-ring (bicyclic) bond motifs is 1. The minimum absolute atomic E-state index is 0.285. The Hall–Kier alpha value is -2.10. The van der Waals surface area contributed by atoms with Gasteiger partial charge < -0.3 is 4.74 Å². The van der Waals surface area contributed by atoms with Crippen molar-refractivity contribution in [2.24, 2.45) is 0 Å². The number of ether oxygens (including phenoxy) is 1. The molecule has 99 valence electrons. The van der Waals surface area contributed by atoms with Crippen LogP contribution >= 0.6 is 0 Å². The number of aromatic nitrogens is 1. The van der Waals surface area contributed by atoms with Gasteiger partial charge in [0.25, 0.3) is 0 Å². The molecule has 1 aromatic heterocycles. The normalized spacial score (nSPS) is 15.6. The number of esters is 1. The van der Waals surface area contributed by atoms with Crippen LogP contribution in [-0.4, -0.2) is 18.2 Å². The van der Waals surface area contributed by atoms with Crippen LogP contribution in [0.25, 0.3) is 0 Å². The van der Waals surface area contributed by atoms with Crippen molar-refractivity contribution in [3.8, 4) is 0 Å². The van der Waals surface area contributed by atoms with Crippen molar-refractivity contribution in [3.63, 3.8) is 0 Å². The molecule has 1 aromatic carbocycles. The van der Waals surface area contributed by atoms with Crippen LogP contribution in [0.5, 0.6) is 0 Å². The molecule has 0 atom stereocenters. The lowest BCUT2D eigenvalue weighted by Gasteiger charge is -2.16. The molecule has 0 unspecified atom stereocenters. The summed E-state index contributed by atoms with van der Waals surface area (Å²) < 4.78 is 5.32. The average Bonchev–Trinajstić information content (AvgIpc) is 2.67. The molecule has 1 aliphatic heterocycles. The lowest BCUT2D eigenvalue weighted by molar-refractivity contribution is 0.00836. The highest BCUT2D eigenvalue weighted by Gasteiger charge is 2.39. The molecule has 0 spiro atoms. The van der Waals surface area contributed by atoms with Gasteiger partial charge in [-0.1, -0.05) is 35.9 Å². The molecule has 0 N–H and O–H groups in total. The van der Waals surface area contributed by atoms with Crippen molar-refractivity contribution in [2.75, 3.05) is 0 Å². The zero-order valence-electron chi connectivity index (χ0n) is 11.6. The van der Waals surface area contributed by atoms with Gasteiger partial charge in [0.05, 0.1) is 11.3 Å². The van der Waals surface area contributed by atoms with Gasteiger partial charge in [-0.15, -0.1) is 0 Å². The van der Waals surface area contributed by atoms with Gasteiger partial charge in [0.2, 0.25) is 0 Å². The minimum atomic E-state index is -0.636. The molecule has 1 radical (unpaired) electrons. The number of carbonyl (C=O) groups excluding carboxylic acids is 1. The Morgan fingerprint density at radius 1 is 1.15 bits per heavy atom. The van der Waals surface area contributed by atoms with Crippen molar-refractivity contribution in [1.82, 2.24) is 4.98 Å². The van der Waals surface area contributed by atoms with E-state index in [1.807, 2.05) is 38.1 Å². The molecule has 0 saturated heterocycles. The van der Waals surface area contributed by atoms with Crippen LogP contribution in [0.4, 0.5) is 0 Å². The maximum Gasteiger partial charge on any atom is 0.341 e. The first kappa shape index (κ1) is 12.9. The zero-order valence-corrected chi connectivity index (χ0v) is 11.6. The summed E-state index contributed by atoms with van der Waals surface area (Å²) >= 11 is 0. The molecule has 4 heteroatoms. The molecular formula is C16H15BNO2. The van der Waals surface area contributed by atoms with E-state index in [1.54, 1.807) is 6.07 Å². The predicted octanol–water partition coefficient (Wildman–Crippen LogP) is 2.02. The fourth-order valence-corrected chi connectivity index (χ4v) is 2.38. The van der Waals surface area contributed by atoms with E-state index in [9.17, 15) is 4.79 Å². The molecule has 2 aromatic rings. The van der Waals surface area contributed by atoms with Crippen LogP contribution in [0.3, 0.4) is 0 Å². The number of rotatable bonds is 3. The topological polar surface area (TPSA) is 39.2 Å². The van der Waals surface area contributed by atoms with Gasteiger partial charge in [-0.3, -0.25) is 4.98 Å². The number of carbonyl (C=O) groups is 1. The van der Waals surface area contributed by atoms with Crippen molar-refractivity contribution < 1.29 is 9.53 Å². The maximum absolute atomic E-state index is 11.7. The minimum Gasteiger partial charge on any atom is -0.449 e. The van der Waals surface area contributed by atoms with E-state index >= 15 is 0 Å². The molecule has 0 fully saturated rings. The van der Waals surface area contributed by atoms with E-state index in [1.165, 1.54) is 5.56 Å². The molecule has 1 aliphatic rings. The lowest BCUT2D eigenvalue weighted by atomic mass is 9.68. The van der Waals surface area contributed by atoms with Crippen molar-refractivity contribution in [3.05, 3.63) is 59.3 Å². The Bertz CT molecular complexity index is 653. The van der Waals surface area contributed by atoms with E-state index in [0.717, 1.165) is 17.6 Å². The molecule has 20 heavy (non-hydrogen) atoms. The third-order valence-electron chi connectivity index (χ3n) is 3.44. The lowest BCUT2D eigenvalue weighted by Crippen LogP contribution is -2.26. The molecule has 3 rings (SSSR count). The van der Waals surface area contributed by atoms with E-state index < -0.39 is 5.60 Å². The van der Waals surface area contributed by atoms with Crippen molar-refractivity contribution in [1.29, 1.82) is 0 Å². The van der Waals surface area contributed by atoms with E-state index in [-0.39, 0.29) is 5.97 Å². The Labute approximate surface area is 119 Å². The first-order chi connectivity index (χ1) is 9.56. The monoisotopic (exact) mass is 264 g/mol. The smallest absolute Gasteiger partial charge is 0.341 e. The second kappa shape index (κ2) is 4.78. The molecule has 0 bridgehead atoms. The van der Waals surface area contributed by atoms with E-state index in [2.05, 4.69) is 24.4 Å². The number of hydrogen-bond donors (Lipinski definition) is 0. The summed E-state index contributed by atoms with van der Waals surface area (Å²) in [5, 5.41) is 0. The molecule has 2 heterocycles. The Balaban J connectivity index is 1.81. The summed E-state index contributed by atoms with van der Waals surface area (Å²) in [6.07, 6.45) is 0.821. The fourth-order valence-electron chi connectivity index (χ4n) is 2.38. The van der Waals surface area contributed by atoms with Crippen LogP contribution in [0.15, 0.2) is 42.5 Å². The second-order valence-corrected chi connectivity index (χ2v) is 5.43. The molecule has 0 saturated carbocycles. The van der Waals surface area contributed by atoms with Gasteiger partial charge in [-0.25, -0.2) is 4.79 Å². The molecule has 3 nitrogen and oxygen atoms in total. The molecule has 0 amide bonds. The first-order valence-corrected chi connectivity index (χ1v) is 6.68. The number of benzene rings is 1. The summed E-state index contributed by atoms with van der Waals surface area (Å²) in [4.78, 5) is 16.3. The van der Waals surface area contributed by atoms with Crippen LogP contribution < -0.4 is 5.59 Å². The zero-order chi connectivity index (χ0) is 14.2. The van der Waals surface area contributed by atoms with Gasteiger partial charge >= 0.3 is 5.97 Å². The largest absolute Gasteiger partial charge is 0.449 e. The van der Waals surface area contributed by atoms with Crippen LogP contribution in [0, 0.1) is 0 Å². The summed E-state index contributed by atoms with van der Waals surface area (Å²) in [6, 6.07) is 13.9. The Morgan fingerprint density at radius 2 is 1.90 bits per heavy atom. The highest BCUT2D eigenvalue weighted by Crippen LogP contribution is 2.33. The summed E-state index contributed by atoms with van der Waals surface area (Å²) in [6.45, 7) is 3.73.